The van der Waals surface area contributed by atoms with Gasteiger partial charge in [0.15, 0.2) is 17.0 Å². The molecule has 4 heterocycles. The van der Waals surface area contributed by atoms with Gasteiger partial charge in [0.05, 0.1) is 0 Å². The van der Waals surface area contributed by atoms with Gasteiger partial charge in [-0.25, -0.2) is 19.7 Å². The van der Waals surface area contributed by atoms with Crippen LogP contribution in [0.5, 0.6) is 0 Å². The van der Waals surface area contributed by atoms with Crippen molar-refractivity contribution in [1.82, 2.24) is 29.4 Å². The molecule has 1 fully saturated rings. The highest BCUT2D eigenvalue weighted by atomic mass is 16.6. The van der Waals surface area contributed by atoms with Crippen molar-refractivity contribution in [3.63, 3.8) is 0 Å². The van der Waals surface area contributed by atoms with E-state index < -0.39 is 5.60 Å². The fraction of sp³-hybridized carbons (Fsp3) is 0.500. The summed E-state index contributed by atoms with van der Waals surface area (Å²) in [5, 5.41) is 3.46. The number of amides is 1. The second-order valence-corrected chi connectivity index (χ2v) is 8.82. The summed E-state index contributed by atoms with van der Waals surface area (Å²) in [5.41, 5.74) is 2.89. The molecular formula is C22H29N7O2. The van der Waals surface area contributed by atoms with Gasteiger partial charge in [-0.15, -0.1) is 0 Å². The van der Waals surface area contributed by atoms with Crippen LogP contribution < -0.4 is 5.32 Å². The standard InChI is InChI=1S/C22H29N7O2/c1-6-29-19(15-8-7-14(2)23-11-15)27-17-18(24-13-25-20(17)29)26-16-9-10-28(12-16)21(30)31-22(3,4)5/h7-8,11,13,16H,6,9-10,12H2,1-5H3,(H,24,25,26)/t16-/m1/s1. The number of hydrogen-bond donors (Lipinski definition) is 1. The summed E-state index contributed by atoms with van der Waals surface area (Å²) in [6, 6.07) is 4.07. The minimum atomic E-state index is -0.504. The molecule has 0 radical (unpaired) electrons. The van der Waals surface area contributed by atoms with Crippen molar-refractivity contribution in [3.05, 3.63) is 30.4 Å². The molecule has 1 aliphatic rings. The third-order valence-electron chi connectivity index (χ3n) is 5.20. The molecule has 0 aromatic carbocycles. The Morgan fingerprint density at radius 3 is 2.74 bits per heavy atom. The van der Waals surface area contributed by atoms with Gasteiger partial charge in [0.2, 0.25) is 0 Å². The molecule has 164 valence electrons. The van der Waals surface area contributed by atoms with Crippen molar-refractivity contribution in [1.29, 1.82) is 0 Å². The van der Waals surface area contributed by atoms with E-state index in [9.17, 15) is 4.79 Å². The van der Waals surface area contributed by atoms with Crippen LogP contribution in [0.3, 0.4) is 0 Å². The largest absolute Gasteiger partial charge is 0.444 e. The van der Waals surface area contributed by atoms with Gasteiger partial charge >= 0.3 is 6.09 Å². The number of carbonyl (C=O) groups is 1. The van der Waals surface area contributed by atoms with Gasteiger partial charge in [-0.3, -0.25) is 4.98 Å². The molecule has 0 bridgehead atoms. The van der Waals surface area contributed by atoms with Gasteiger partial charge in [0, 0.05) is 43.1 Å². The molecule has 0 spiro atoms. The lowest BCUT2D eigenvalue weighted by atomic mass is 10.2. The lowest BCUT2D eigenvalue weighted by Crippen LogP contribution is -2.36. The van der Waals surface area contributed by atoms with E-state index in [4.69, 9.17) is 9.72 Å². The van der Waals surface area contributed by atoms with Gasteiger partial charge in [0.1, 0.15) is 17.8 Å². The molecule has 1 N–H and O–H groups in total. The Hall–Kier alpha value is -3.23. The highest BCUT2D eigenvalue weighted by Crippen LogP contribution is 2.28. The predicted octanol–water partition coefficient (Wildman–Crippen LogP) is 3.64. The molecule has 1 amide bonds. The molecule has 0 saturated carbocycles. The Morgan fingerprint density at radius 1 is 1.26 bits per heavy atom. The summed E-state index contributed by atoms with van der Waals surface area (Å²) in [5.74, 6) is 1.49. The topological polar surface area (TPSA) is 98.1 Å². The second-order valence-electron chi connectivity index (χ2n) is 8.82. The van der Waals surface area contributed by atoms with Crippen molar-refractivity contribution in [3.8, 4) is 11.4 Å². The van der Waals surface area contributed by atoms with Crippen LogP contribution in [0.4, 0.5) is 10.6 Å². The number of aromatic nitrogens is 5. The lowest BCUT2D eigenvalue weighted by molar-refractivity contribution is 0.0293. The number of aryl methyl sites for hydroxylation is 2. The normalized spacial score (nSPS) is 16.7. The second kappa shape index (κ2) is 8.13. The lowest BCUT2D eigenvalue weighted by Gasteiger charge is -2.24. The number of pyridine rings is 1. The highest BCUT2D eigenvalue weighted by Gasteiger charge is 2.30. The molecule has 31 heavy (non-hydrogen) atoms. The van der Waals surface area contributed by atoms with Crippen LogP contribution >= 0.6 is 0 Å². The van der Waals surface area contributed by atoms with Gasteiger partial charge in [-0.05, 0) is 53.2 Å². The average Bonchev–Trinajstić information content (AvgIpc) is 3.32. The van der Waals surface area contributed by atoms with Gasteiger partial charge in [0.25, 0.3) is 0 Å². The number of nitrogens with zero attached hydrogens (tertiary/aromatic N) is 6. The molecule has 0 aliphatic carbocycles. The van der Waals surface area contributed by atoms with E-state index in [1.54, 1.807) is 11.2 Å². The van der Waals surface area contributed by atoms with Crippen LogP contribution in [0.15, 0.2) is 24.7 Å². The van der Waals surface area contributed by atoms with Crippen molar-refractivity contribution in [2.24, 2.45) is 0 Å². The monoisotopic (exact) mass is 423 g/mol. The first kappa shape index (κ1) is 21.0. The number of carbonyl (C=O) groups excluding carboxylic acids is 1. The molecule has 1 saturated heterocycles. The first-order valence-corrected chi connectivity index (χ1v) is 10.6. The quantitative estimate of drug-likeness (QED) is 0.684. The molecule has 3 aromatic heterocycles. The van der Waals surface area contributed by atoms with Crippen LogP contribution in [0.2, 0.25) is 0 Å². The minimum Gasteiger partial charge on any atom is -0.444 e. The Kier molecular flexibility index (Phi) is 5.51. The maximum atomic E-state index is 12.4. The number of hydrogen-bond acceptors (Lipinski definition) is 7. The van der Waals surface area contributed by atoms with Crippen LogP contribution in [0.25, 0.3) is 22.6 Å². The Morgan fingerprint density at radius 2 is 2.06 bits per heavy atom. The van der Waals surface area contributed by atoms with Crippen molar-refractivity contribution < 1.29 is 9.53 Å². The van der Waals surface area contributed by atoms with Gasteiger partial charge in [-0.1, -0.05) is 0 Å². The molecule has 9 heteroatoms. The first-order chi connectivity index (χ1) is 14.7. The Labute approximate surface area is 181 Å². The average molecular weight is 424 g/mol. The summed E-state index contributed by atoms with van der Waals surface area (Å²) in [6.45, 7) is 11.6. The molecule has 4 rings (SSSR count). The van der Waals surface area contributed by atoms with Crippen LogP contribution in [0.1, 0.15) is 39.8 Å². The summed E-state index contributed by atoms with van der Waals surface area (Å²) in [4.78, 5) is 32.3. The molecule has 1 atom stereocenters. The van der Waals surface area contributed by atoms with E-state index in [-0.39, 0.29) is 12.1 Å². The minimum absolute atomic E-state index is 0.0712. The third kappa shape index (κ3) is 4.45. The summed E-state index contributed by atoms with van der Waals surface area (Å²) < 4.78 is 7.56. The SMILES string of the molecule is CCn1c(-c2ccc(C)nc2)nc2c(N[C@@H]3CCN(C(=O)OC(C)(C)C)C3)ncnc21. The molecular weight excluding hydrogens is 394 g/mol. The molecule has 1 aliphatic heterocycles. The smallest absolute Gasteiger partial charge is 0.410 e. The van der Waals surface area contributed by atoms with E-state index in [2.05, 4.69) is 31.8 Å². The maximum absolute atomic E-state index is 12.4. The van der Waals surface area contributed by atoms with E-state index in [0.717, 1.165) is 41.2 Å². The van der Waals surface area contributed by atoms with Crippen molar-refractivity contribution in [2.75, 3.05) is 18.4 Å². The number of imidazole rings is 1. The van der Waals surface area contributed by atoms with E-state index in [1.165, 1.54) is 0 Å². The highest BCUT2D eigenvalue weighted by molar-refractivity contribution is 5.86. The maximum Gasteiger partial charge on any atom is 0.410 e. The van der Waals surface area contributed by atoms with Crippen molar-refractivity contribution >= 4 is 23.1 Å². The van der Waals surface area contributed by atoms with Crippen LogP contribution in [-0.4, -0.2) is 60.2 Å². The number of ether oxygens (including phenoxy) is 1. The Bertz CT molecular complexity index is 1090. The zero-order valence-corrected chi connectivity index (χ0v) is 18.7. The number of anilines is 1. The predicted molar refractivity (Wildman–Crippen MR) is 119 cm³/mol. The van der Waals surface area contributed by atoms with Gasteiger partial charge in [-0.2, -0.15) is 0 Å². The molecule has 9 nitrogen and oxygen atoms in total. The van der Waals surface area contributed by atoms with Gasteiger partial charge < -0.3 is 19.5 Å². The fourth-order valence-corrected chi connectivity index (χ4v) is 3.73. The summed E-state index contributed by atoms with van der Waals surface area (Å²) in [7, 11) is 0. The number of nitrogens with one attached hydrogen (secondary N) is 1. The fourth-order valence-electron chi connectivity index (χ4n) is 3.73. The first-order valence-electron chi connectivity index (χ1n) is 10.6. The summed E-state index contributed by atoms with van der Waals surface area (Å²) >= 11 is 0. The van der Waals surface area contributed by atoms with E-state index in [1.807, 2.05) is 46.0 Å². The molecule has 0 unspecified atom stereocenters. The Balaban J connectivity index is 1.58. The zero-order chi connectivity index (χ0) is 22.2. The van der Waals surface area contributed by atoms with Crippen LogP contribution in [-0.2, 0) is 11.3 Å². The van der Waals surface area contributed by atoms with Crippen molar-refractivity contribution in [2.45, 2.75) is 59.2 Å². The zero-order valence-electron chi connectivity index (χ0n) is 18.7. The van der Waals surface area contributed by atoms with E-state index in [0.29, 0.717) is 18.9 Å². The number of fused-ring (bicyclic) bond motifs is 1. The van der Waals surface area contributed by atoms with E-state index >= 15 is 0 Å². The molecule has 3 aromatic rings. The number of likely N-dealkylation sites (tertiary alicyclic amines) is 1. The third-order valence-corrected chi connectivity index (χ3v) is 5.20. The summed E-state index contributed by atoms with van der Waals surface area (Å²) in [6.07, 6.45) is 3.91. The number of rotatable bonds is 4. The van der Waals surface area contributed by atoms with Crippen LogP contribution in [0, 0.1) is 6.92 Å².